The number of para-hydroxylation sites is 1. The van der Waals surface area contributed by atoms with E-state index >= 15 is 0 Å². The van der Waals surface area contributed by atoms with Gasteiger partial charge in [0.15, 0.2) is 11.6 Å². The standard InChI is InChI=1S/C18H20FNO2/c1-14(15-8-4-3-5-9-15)20(2)18(21)12-13-22-17-11-7-6-10-16(17)19/h3-11,14H,12-13H2,1-2H3. The van der Waals surface area contributed by atoms with E-state index in [-0.39, 0.29) is 30.7 Å². The maximum Gasteiger partial charge on any atom is 0.226 e. The van der Waals surface area contributed by atoms with E-state index in [2.05, 4.69) is 0 Å². The van der Waals surface area contributed by atoms with Gasteiger partial charge in [0.05, 0.1) is 19.1 Å². The average molecular weight is 301 g/mol. The Balaban J connectivity index is 1.85. The highest BCUT2D eigenvalue weighted by Crippen LogP contribution is 2.19. The summed E-state index contributed by atoms with van der Waals surface area (Å²) in [6, 6.07) is 16.0. The highest BCUT2D eigenvalue weighted by Gasteiger charge is 2.17. The molecule has 0 aliphatic heterocycles. The Labute approximate surface area is 130 Å². The first-order valence-corrected chi connectivity index (χ1v) is 7.27. The lowest BCUT2D eigenvalue weighted by Gasteiger charge is -2.25. The van der Waals surface area contributed by atoms with Crippen LogP contribution in [0.15, 0.2) is 54.6 Å². The molecule has 0 N–H and O–H groups in total. The van der Waals surface area contributed by atoms with Crippen molar-refractivity contribution in [3.63, 3.8) is 0 Å². The molecule has 116 valence electrons. The molecule has 2 aromatic carbocycles. The Morgan fingerprint density at radius 2 is 1.77 bits per heavy atom. The first kappa shape index (κ1) is 16.0. The first-order valence-electron chi connectivity index (χ1n) is 7.27. The van der Waals surface area contributed by atoms with Crippen LogP contribution in [-0.4, -0.2) is 24.5 Å². The molecule has 3 nitrogen and oxygen atoms in total. The molecule has 4 heteroatoms. The van der Waals surface area contributed by atoms with Gasteiger partial charge < -0.3 is 9.64 Å². The molecule has 0 radical (unpaired) electrons. The minimum absolute atomic E-state index is 0.0119. The summed E-state index contributed by atoms with van der Waals surface area (Å²) in [5.41, 5.74) is 1.08. The van der Waals surface area contributed by atoms with Crippen LogP contribution in [0.5, 0.6) is 5.75 Å². The monoisotopic (exact) mass is 301 g/mol. The fourth-order valence-corrected chi connectivity index (χ4v) is 2.16. The summed E-state index contributed by atoms with van der Waals surface area (Å²) in [5.74, 6) is -0.275. The van der Waals surface area contributed by atoms with Gasteiger partial charge in [-0.15, -0.1) is 0 Å². The summed E-state index contributed by atoms with van der Waals surface area (Å²) < 4.78 is 18.7. The zero-order chi connectivity index (χ0) is 15.9. The van der Waals surface area contributed by atoms with Crippen molar-refractivity contribution in [1.82, 2.24) is 4.90 Å². The van der Waals surface area contributed by atoms with Gasteiger partial charge in [0, 0.05) is 7.05 Å². The number of amides is 1. The lowest BCUT2D eigenvalue weighted by atomic mass is 10.1. The van der Waals surface area contributed by atoms with E-state index in [4.69, 9.17) is 4.74 Å². The smallest absolute Gasteiger partial charge is 0.226 e. The van der Waals surface area contributed by atoms with Gasteiger partial charge in [0.2, 0.25) is 5.91 Å². The molecule has 0 fully saturated rings. The summed E-state index contributed by atoms with van der Waals surface area (Å²) >= 11 is 0. The van der Waals surface area contributed by atoms with E-state index in [9.17, 15) is 9.18 Å². The largest absolute Gasteiger partial charge is 0.490 e. The molecule has 1 atom stereocenters. The predicted octanol–water partition coefficient (Wildman–Crippen LogP) is 3.81. The number of halogens is 1. The second-order valence-corrected chi connectivity index (χ2v) is 5.12. The number of ether oxygens (including phenoxy) is 1. The highest BCUT2D eigenvalue weighted by molar-refractivity contribution is 5.76. The zero-order valence-electron chi connectivity index (χ0n) is 12.8. The van der Waals surface area contributed by atoms with Gasteiger partial charge in [0.25, 0.3) is 0 Å². The molecule has 0 saturated carbocycles. The van der Waals surface area contributed by atoms with Crippen LogP contribution in [0, 0.1) is 5.82 Å². The molecule has 0 spiro atoms. The summed E-state index contributed by atoms with van der Waals surface area (Å²) in [7, 11) is 1.77. The molecular weight excluding hydrogens is 281 g/mol. The number of rotatable bonds is 6. The number of carbonyl (C=O) groups is 1. The number of benzene rings is 2. The lowest BCUT2D eigenvalue weighted by Crippen LogP contribution is -2.30. The highest BCUT2D eigenvalue weighted by atomic mass is 19.1. The van der Waals surface area contributed by atoms with Crippen molar-refractivity contribution in [2.24, 2.45) is 0 Å². The Morgan fingerprint density at radius 3 is 2.45 bits per heavy atom. The molecule has 1 amide bonds. The Kier molecular flexibility index (Phi) is 5.53. The SMILES string of the molecule is CC(c1ccccc1)N(C)C(=O)CCOc1ccccc1F. The Bertz CT molecular complexity index is 615. The molecule has 0 saturated heterocycles. The molecule has 0 bridgehead atoms. The quantitative estimate of drug-likeness (QED) is 0.812. The van der Waals surface area contributed by atoms with Gasteiger partial charge in [0.1, 0.15) is 0 Å². The van der Waals surface area contributed by atoms with E-state index in [1.54, 1.807) is 30.1 Å². The van der Waals surface area contributed by atoms with Gasteiger partial charge >= 0.3 is 0 Å². The van der Waals surface area contributed by atoms with Crippen LogP contribution in [0.4, 0.5) is 4.39 Å². The summed E-state index contributed by atoms with van der Waals surface area (Å²) in [6.07, 6.45) is 0.210. The van der Waals surface area contributed by atoms with Crippen molar-refractivity contribution < 1.29 is 13.9 Å². The average Bonchev–Trinajstić information content (AvgIpc) is 2.56. The second-order valence-electron chi connectivity index (χ2n) is 5.12. The molecule has 2 rings (SSSR count). The minimum atomic E-state index is -0.416. The van der Waals surface area contributed by atoms with E-state index in [0.717, 1.165) is 5.56 Å². The zero-order valence-corrected chi connectivity index (χ0v) is 12.8. The van der Waals surface area contributed by atoms with Gasteiger partial charge in [-0.1, -0.05) is 42.5 Å². The Morgan fingerprint density at radius 1 is 1.14 bits per heavy atom. The molecule has 22 heavy (non-hydrogen) atoms. The molecule has 0 aliphatic rings. The van der Waals surface area contributed by atoms with Crippen LogP contribution < -0.4 is 4.74 Å². The molecular formula is C18H20FNO2. The van der Waals surface area contributed by atoms with Crippen molar-refractivity contribution in [3.8, 4) is 5.75 Å². The number of hydrogen-bond acceptors (Lipinski definition) is 2. The maximum atomic E-state index is 13.4. The molecule has 0 aromatic heterocycles. The van der Waals surface area contributed by atoms with E-state index in [0.29, 0.717) is 0 Å². The van der Waals surface area contributed by atoms with Crippen LogP contribution in [0.2, 0.25) is 0 Å². The van der Waals surface area contributed by atoms with Crippen LogP contribution in [0.3, 0.4) is 0 Å². The van der Waals surface area contributed by atoms with Crippen molar-refractivity contribution >= 4 is 5.91 Å². The molecule has 1 unspecified atom stereocenters. The van der Waals surface area contributed by atoms with Crippen LogP contribution in [0.1, 0.15) is 24.9 Å². The van der Waals surface area contributed by atoms with Crippen molar-refractivity contribution in [2.45, 2.75) is 19.4 Å². The fraction of sp³-hybridized carbons (Fsp3) is 0.278. The third-order valence-corrected chi connectivity index (χ3v) is 3.67. The Hall–Kier alpha value is -2.36. The molecule has 0 heterocycles. The normalized spacial score (nSPS) is 11.8. The van der Waals surface area contributed by atoms with Gasteiger partial charge in [-0.2, -0.15) is 0 Å². The van der Waals surface area contributed by atoms with E-state index in [1.807, 2.05) is 37.3 Å². The summed E-state index contributed by atoms with van der Waals surface area (Å²) in [5, 5.41) is 0. The van der Waals surface area contributed by atoms with Gasteiger partial charge in [-0.3, -0.25) is 4.79 Å². The first-order chi connectivity index (χ1) is 10.6. The van der Waals surface area contributed by atoms with E-state index < -0.39 is 5.82 Å². The van der Waals surface area contributed by atoms with Crippen molar-refractivity contribution in [1.29, 1.82) is 0 Å². The number of nitrogens with zero attached hydrogens (tertiary/aromatic N) is 1. The summed E-state index contributed by atoms with van der Waals surface area (Å²) in [4.78, 5) is 13.9. The molecule has 0 aliphatic carbocycles. The van der Waals surface area contributed by atoms with Crippen LogP contribution >= 0.6 is 0 Å². The van der Waals surface area contributed by atoms with E-state index in [1.165, 1.54) is 6.07 Å². The predicted molar refractivity (Wildman–Crippen MR) is 84.1 cm³/mol. The third kappa shape index (κ3) is 4.07. The number of carbonyl (C=O) groups excluding carboxylic acids is 1. The lowest BCUT2D eigenvalue weighted by molar-refractivity contribution is -0.132. The molecule has 2 aromatic rings. The topological polar surface area (TPSA) is 29.5 Å². The van der Waals surface area contributed by atoms with Gasteiger partial charge in [-0.05, 0) is 24.6 Å². The van der Waals surface area contributed by atoms with Crippen LogP contribution in [0.25, 0.3) is 0 Å². The third-order valence-electron chi connectivity index (χ3n) is 3.67. The van der Waals surface area contributed by atoms with Crippen LogP contribution in [-0.2, 0) is 4.79 Å². The second kappa shape index (κ2) is 7.59. The number of hydrogen-bond donors (Lipinski definition) is 0. The van der Waals surface area contributed by atoms with Gasteiger partial charge in [-0.25, -0.2) is 4.39 Å². The van der Waals surface area contributed by atoms with Crippen molar-refractivity contribution in [3.05, 3.63) is 66.0 Å². The maximum absolute atomic E-state index is 13.4. The van der Waals surface area contributed by atoms with Crippen molar-refractivity contribution in [2.75, 3.05) is 13.7 Å². The summed E-state index contributed by atoms with van der Waals surface area (Å²) in [6.45, 7) is 2.14. The fourth-order valence-electron chi connectivity index (χ4n) is 2.16. The minimum Gasteiger partial charge on any atom is -0.490 e.